The van der Waals surface area contributed by atoms with Crippen LogP contribution in [-0.4, -0.2) is 10.2 Å². The number of phenolic OH excluding ortho intramolecular Hbond substituents is 2. The van der Waals surface area contributed by atoms with E-state index in [1.165, 1.54) is 6.07 Å². The van der Waals surface area contributed by atoms with Gasteiger partial charge < -0.3 is 14.9 Å². The number of hydrogen-bond acceptors (Lipinski definition) is 3. The lowest BCUT2D eigenvalue weighted by atomic mass is 10.2. The van der Waals surface area contributed by atoms with E-state index in [0.29, 0.717) is 23.2 Å². The first-order valence-electron chi connectivity index (χ1n) is 5.49. The van der Waals surface area contributed by atoms with E-state index < -0.39 is 0 Å². The molecule has 0 saturated heterocycles. The molecule has 0 aliphatic rings. The highest BCUT2D eigenvalue weighted by atomic mass is 79.9. The molecule has 0 saturated carbocycles. The van der Waals surface area contributed by atoms with Crippen molar-refractivity contribution in [3.05, 3.63) is 53.6 Å². The lowest BCUT2D eigenvalue weighted by molar-refractivity contribution is 0.299. The van der Waals surface area contributed by atoms with E-state index in [1.54, 1.807) is 6.07 Å². The molecule has 0 aliphatic heterocycles. The van der Waals surface area contributed by atoms with Crippen LogP contribution in [0.2, 0.25) is 0 Å². The van der Waals surface area contributed by atoms with Gasteiger partial charge >= 0.3 is 0 Å². The maximum atomic E-state index is 9.72. The van der Waals surface area contributed by atoms with Crippen molar-refractivity contribution in [1.29, 1.82) is 0 Å². The summed E-state index contributed by atoms with van der Waals surface area (Å²) in [5.74, 6) is 0.278. The molecule has 0 spiro atoms. The van der Waals surface area contributed by atoms with Gasteiger partial charge in [-0.25, -0.2) is 0 Å². The quantitative estimate of drug-likeness (QED) is 0.670. The summed E-state index contributed by atoms with van der Waals surface area (Å²) in [6.45, 7) is 0.422. The van der Waals surface area contributed by atoms with E-state index in [1.807, 2.05) is 30.3 Å². The van der Waals surface area contributed by atoms with Crippen molar-refractivity contribution < 1.29 is 14.9 Å². The first-order valence-corrected chi connectivity index (χ1v) is 6.61. The Kier molecular flexibility index (Phi) is 4.10. The molecule has 0 heterocycles. The maximum absolute atomic E-state index is 9.72. The van der Waals surface area contributed by atoms with Gasteiger partial charge in [0, 0.05) is 5.33 Å². The number of hydrogen-bond donors (Lipinski definition) is 2. The van der Waals surface area contributed by atoms with Gasteiger partial charge in [-0.3, -0.25) is 0 Å². The molecule has 0 atom stereocenters. The summed E-state index contributed by atoms with van der Waals surface area (Å²) in [7, 11) is 0. The van der Waals surface area contributed by atoms with Crippen LogP contribution < -0.4 is 4.74 Å². The van der Waals surface area contributed by atoms with Crippen LogP contribution in [0, 0.1) is 0 Å². The van der Waals surface area contributed by atoms with E-state index in [-0.39, 0.29) is 11.5 Å². The van der Waals surface area contributed by atoms with Crippen molar-refractivity contribution in [2.24, 2.45) is 0 Å². The lowest BCUT2D eigenvalue weighted by Gasteiger charge is -2.12. The fraction of sp³-hybridized carbons (Fsp3) is 0.143. The molecule has 2 rings (SSSR count). The molecule has 18 heavy (non-hydrogen) atoms. The smallest absolute Gasteiger partial charge is 0.165 e. The summed E-state index contributed by atoms with van der Waals surface area (Å²) in [5.41, 5.74) is 1.59. The number of rotatable bonds is 4. The molecule has 0 unspecified atom stereocenters. The molecule has 0 aromatic heterocycles. The number of phenols is 2. The summed E-state index contributed by atoms with van der Waals surface area (Å²) >= 11 is 3.27. The van der Waals surface area contributed by atoms with Crippen molar-refractivity contribution in [2.45, 2.75) is 11.9 Å². The first kappa shape index (κ1) is 12.8. The largest absolute Gasteiger partial charge is 0.504 e. The predicted octanol–water partition coefficient (Wildman–Crippen LogP) is 3.57. The van der Waals surface area contributed by atoms with Gasteiger partial charge in [0.2, 0.25) is 0 Å². The Morgan fingerprint density at radius 3 is 2.39 bits per heavy atom. The van der Waals surface area contributed by atoms with Crippen LogP contribution in [0.4, 0.5) is 0 Å². The Labute approximate surface area is 114 Å². The molecule has 4 heteroatoms. The van der Waals surface area contributed by atoms with Gasteiger partial charge in [0.05, 0.1) is 5.56 Å². The van der Waals surface area contributed by atoms with Gasteiger partial charge in [-0.15, -0.1) is 0 Å². The second-order valence-corrected chi connectivity index (χ2v) is 4.38. The minimum atomic E-state index is -0.142. The fourth-order valence-electron chi connectivity index (χ4n) is 1.61. The molecule has 0 fully saturated rings. The molecule has 3 nitrogen and oxygen atoms in total. The zero-order valence-corrected chi connectivity index (χ0v) is 11.2. The van der Waals surface area contributed by atoms with Crippen molar-refractivity contribution in [3.63, 3.8) is 0 Å². The molecule has 94 valence electrons. The molecule has 0 bridgehead atoms. The molecule has 0 radical (unpaired) electrons. The Hall–Kier alpha value is -1.68. The number of benzene rings is 2. The van der Waals surface area contributed by atoms with Crippen LogP contribution in [0.3, 0.4) is 0 Å². The molecule has 2 N–H and O–H groups in total. The van der Waals surface area contributed by atoms with Crippen molar-refractivity contribution >= 4 is 15.9 Å². The third-order valence-electron chi connectivity index (χ3n) is 2.59. The SMILES string of the molecule is Oc1ccc(OCc2ccccc2)c(CBr)c1O. The van der Waals surface area contributed by atoms with Gasteiger partial charge in [-0.2, -0.15) is 0 Å². The highest BCUT2D eigenvalue weighted by molar-refractivity contribution is 9.08. The Bertz CT molecular complexity index is 526. The summed E-state index contributed by atoms with van der Waals surface area (Å²) in [6, 6.07) is 12.8. The average molecular weight is 309 g/mol. The zero-order chi connectivity index (χ0) is 13.0. The van der Waals surface area contributed by atoms with Crippen LogP contribution in [0.15, 0.2) is 42.5 Å². The Morgan fingerprint density at radius 2 is 1.72 bits per heavy atom. The second kappa shape index (κ2) is 5.78. The standard InChI is InChI=1S/C14H13BrO3/c15-8-11-13(7-6-12(16)14(11)17)18-9-10-4-2-1-3-5-10/h1-7,16-17H,8-9H2. The van der Waals surface area contributed by atoms with Crippen molar-refractivity contribution in [1.82, 2.24) is 0 Å². The highest BCUT2D eigenvalue weighted by Gasteiger charge is 2.12. The van der Waals surface area contributed by atoms with E-state index in [4.69, 9.17) is 4.74 Å². The minimum absolute atomic E-state index is 0.141. The minimum Gasteiger partial charge on any atom is -0.504 e. The third kappa shape index (κ3) is 2.76. The van der Waals surface area contributed by atoms with Crippen molar-refractivity contribution in [2.75, 3.05) is 0 Å². The summed E-state index contributed by atoms with van der Waals surface area (Å²) in [5, 5.41) is 19.5. The normalized spacial score (nSPS) is 10.3. The Balaban J connectivity index is 2.17. The number of alkyl halides is 1. The van der Waals surface area contributed by atoms with Gasteiger partial charge in [0.1, 0.15) is 12.4 Å². The fourth-order valence-corrected chi connectivity index (χ4v) is 2.15. The van der Waals surface area contributed by atoms with E-state index in [0.717, 1.165) is 5.56 Å². The average Bonchev–Trinajstić information content (AvgIpc) is 2.41. The molecule has 0 amide bonds. The molecule has 0 aliphatic carbocycles. The van der Waals surface area contributed by atoms with Crippen molar-refractivity contribution in [3.8, 4) is 17.2 Å². The molecule has 2 aromatic carbocycles. The van der Waals surface area contributed by atoms with Gasteiger partial charge in [-0.05, 0) is 17.7 Å². The van der Waals surface area contributed by atoms with E-state index in [2.05, 4.69) is 15.9 Å². The Morgan fingerprint density at radius 1 is 1.00 bits per heavy atom. The second-order valence-electron chi connectivity index (χ2n) is 3.82. The number of halogens is 1. The topological polar surface area (TPSA) is 49.7 Å². The van der Waals surface area contributed by atoms with Crippen LogP contribution in [0.5, 0.6) is 17.2 Å². The summed E-state index contributed by atoms with van der Waals surface area (Å²) in [4.78, 5) is 0. The summed E-state index contributed by atoms with van der Waals surface area (Å²) in [6.07, 6.45) is 0. The zero-order valence-electron chi connectivity index (χ0n) is 9.64. The third-order valence-corrected chi connectivity index (χ3v) is 3.15. The maximum Gasteiger partial charge on any atom is 0.165 e. The van der Waals surface area contributed by atoms with E-state index >= 15 is 0 Å². The number of ether oxygens (including phenoxy) is 1. The molecule has 2 aromatic rings. The number of aromatic hydroxyl groups is 2. The monoisotopic (exact) mass is 308 g/mol. The van der Waals surface area contributed by atoms with Crippen LogP contribution in [-0.2, 0) is 11.9 Å². The van der Waals surface area contributed by atoms with Gasteiger partial charge in [-0.1, -0.05) is 46.3 Å². The van der Waals surface area contributed by atoms with Gasteiger partial charge in [0.15, 0.2) is 11.5 Å². The van der Waals surface area contributed by atoms with Crippen LogP contribution in [0.1, 0.15) is 11.1 Å². The molecular weight excluding hydrogens is 296 g/mol. The first-order chi connectivity index (χ1) is 8.72. The highest BCUT2D eigenvalue weighted by Crippen LogP contribution is 2.37. The predicted molar refractivity (Wildman–Crippen MR) is 73.2 cm³/mol. The lowest BCUT2D eigenvalue weighted by Crippen LogP contribution is -1.97. The van der Waals surface area contributed by atoms with Crippen LogP contribution >= 0.6 is 15.9 Å². The van der Waals surface area contributed by atoms with E-state index in [9.17, 15) is 10.2 Å². The summed E-state index contributed by atoms with van der Waals surface area (Å²) < 4.78 is 5.65. The molecular formula is C14H13BrO3. The van der Waals surface area contributed by atoms with Gasteiger partial charge in [0.25, 0.3) is 0 Å². The van der Waals surface area contributed by atoms with Crippen LogP contribution in [0.25, 0.3) is 0 Å².